The summed E-state index contributed by atoms with van der Waals surface area (Å²) in [6.07, 6.45) is 37.6. The summed E-state index contributed by atoms with van der Waals surface area (Å²) in [6, 6.07) is 11.8. The van der Waals surface area contributed by atoms with Gasteiger partial charge >= 0.3 is 47.5 Å². The minimum absolute atomic E-state index is 0. The summed E-state index contributed by atoms with van der Waals surface area (Å²) in [5.41, 5.74) is 3.44. The summed E-state index contributed by atoms with van der Waals surface area (Å²) >= 11 is 0. The van der Waals surface area contributed by atoms with Gasteiger partial charge in [-0.2, -0.15) is 0 Å². The van der Waals surface area contributed by atoms with E-state index in [1.54, 1.807) is 35.0 Å². The van der Waals surface area contributed by atoms with Gasteiger partial charge in [0.25, 0.3) is 13.7 Å². The fourth-order valence-corrected chi connectivity index (χ4v) is 12.2. The second-order valence-corrected chi connectivity index (χ2v) is 28.4. The number of hydrogen-bond acceptors (Lipinski definition) is 18. The number of nitrogens with zero attached hydrogens (tertiary/aromatic N) is 3. The van der Waals surface area contributed by atoms with Crippen LogP contribution in [0, 0.1) is 0 Å². The minimum atomic E-state index is -4.35. The molecule has 0 aliphatic carbocycles. The average molecular weight is 1490 g/mol. The van der Waals surface area contributed by atoms with Crippen LogP contribution < -0.4 is 55.7 Å². The number of carbonyl (C=O) groups excluding carboxylic acids is 7. The Labute approximate surface area is 642 Å². The Kier molecular flexibility index (Phi) is 55.0. The largest absolute Gasteiger partial charge is 1.00 e. The van der Waals surface area contributed by atoms with Crippen molar-refractivity contribution in [3.05, 3.63) is 59.4 Å². The number of fused-ring (bicyclic) bond motifs is 2. The van der Waals surface area contributed by atoms with E-state index in [1.807, 2.05) is 31.2 Å². The van der Waals surface area contributed by atoms with Gasteiger partial charge in [0.1, 0.15) is 24.6 Å². The zero-order valence-electron chi connectivity index (χ0n) is 64.1. The third-order valence-electron chi connectivity index (χ3n) is 17.9. The number of carbonyl (C=O) groups is 8. The van der Waals surface area contributed by atoms with Crippen LogP contribution in [0.2, 0.25) is 0 Å². The molecule has 1 aromatic heterocycles. The number of aliphatic carboxylic acids is 1. The van der Waals surface area contributed by atoms with Gasteiger partial charge in [0.05, 0.1) is 57.0 Å². The van der Waals surface area contributed by atoms with Gasteiger partial charge in [0, 0.05) is 90.2 Å². The molecule has 3 atom stereocenters. The van der Waals surface area contributed by atoms with Crippen molar-refractivity contribution in [2.45, 2.75) is 284 Å². The molecule has 1 aliphatic heterocycles. The second-order valence-electron chi connectivity index (χ2n) is 26.9. The number of ether oxygens (including phenoxy) is 4. The Morgan fingerprint density at radius 3 is 1.70 bits per heavy atom. The first-order chi connectivity index (χ1) is 49.9. The number of H-pyrrole nitrogens is 1. The van der Waals surface area contributed by atoms with Crippen molar-refractivity contribution in [1.29, 1.82) is 0 Å². The van der Waals surface area contributed by atoms with Crippen LogP contribution in [0.1, 0.15) is 280 Å². The van der Waals surface area contributed by atoms with Crippen molar-refractivity contribution in [1.82, 2.24) is 35.7 Å². The van der Waals surface area contributed by atoms with Gasteiger partial charge in [0.15, 0.2) is 0 Å². The maximum absolute atomic E-state index is 13.5. The van der Waals surface area contributed by atoms with E-state index >= 15 is 0 Å². The molecular formula is C77H128N8NaO17P. The normalized spacial score (nSPS) is 13.4. The standard InChI is InChI=1S/C41H59N8O13P.C36H70O4.Na/c1-48(28-35-46-32-9-5-6-10-33(32)47-35)40(55)29-11-12-31-30(25-29)27-49(41(56)34(45-31)26-39(53)54)19-8-4-3-7-16-42-38(52)15-20-60-23-24-61-21-17-43-36(50)13-14-37(51)44-18-22-62-63(57,58)59-2;1-4-7-9-11-13-15-17-19-21-23-25-27-29-31-35(37)39-33-34(6-3)40-36(38)32-30-28-26-24-22-20-18-16-14-12-10-8-5-2;/h5-6,9-12,25,34,45H,3-4,7-8,13-24,26-28H2,1-2H3,(H,42,52)(H,43,50)(H,44,51)(H,46,47)(H,53,54)(H,57,58);34H,4-33H2,1-3H3;/q;;+1/p-1/t2*34-;/m00./s1. The molecule has 0 radical (unpaired) electrons. The van der Waals surface area contributed by atoms with Crippen LogP contribution in [0.15, 0.2) is 42.5 Å². The van der Waals surface area contributed by atoms with Crippen molar-refractivity contribution < 1.29 is 110 Å². The summed E-state index contributed by atoms with van der Waals surface area (Å²) in [5, 5.41) is 20.6. The van der Waals surface area contributed by atoms with Crippen LogP contribution in [0.4, 0.5) is 5.69 Å². The molecule has 1 unspecified atom stereocenters. The quantitative estimate of drug-likeness (QED) is 0.0132. The van der Waals surface area contributed by atoms with Gasteiger partial charge < -0.3 is 74.0 Å². The number of carboxylic acids is 1. The molecule has 4 rings (SSSR count). The molecule has 27 heteroatoms. The molecule has 0 saturated carbocycles. The molecule has 25 nitrogen and oxygen atoms in total. The molecule has 0 spiro atoms. The third kappa shape index (κ3) is 46.6. The summed E-state index contributed by atoms with van der Waals surface area (Å²) in [6.45, 7) is 8.92. The Bertz CT molecular complexity index is 2870. The van der Waals surface area contributed by atoms with Crippen LogP contribution in [-0.4, -0.2) is 164 Å². The number of anilines is 1. The number of unbranched alkanes of at least 4 members (excludes halogenated alkanes) is 27. The van der Waals surface area contributed by atoms with Gasteiger partial charge in [-0.25, -0.2) is 4.98 Å². The topological polar surface area (TPSA) is 336 Å². The van der Waals surface area contributed by atoms with Gasteiger partial charge in [-0.1, -0.05) is 200 Å². The number of phosphoric ester groups is 1. The SMILES string of the molecule is CCCCCCCCCCCCCCCC(=O)OC[C@H](CC)OC(=O)CCCCCCCCCCCCCCC.COP(=O)([O-])OCCNC(=O)CCC(=O)NCCOCCOCCC(=O)NCCCCCCN1Cc2cc(C(=O)N(C)Cc3nc4ccccc4[nH]3)ccc2N[C@@H](CC(=O)O)C1=O.[Na+]. The Hall–Kier alpha value is -5.50. The molecule has 584 valence electrons. The number of benzene rings is 2. The van der Waals surface area contributed by atoms with Crippen molar-refractivity contribution in [3.63, 3.8) is 0 Å². The predicted octanol–water partition coefficient (Wildman–Crippen LogP) is 10.5. The van der Waals surface area contributed by atoms with Crippen LogP contribution >= 0.6 is 7.82 Å². The monoisotopic (exact) mass is 1490 g/mol. The van der Waals surface area contributed by atoms with E-state index in [0.717, 1.165) is 63.1 Å². The number of aromatic amines is 1. The second kappa shape index (κ2) is 60.5. The van der Waals surface area contributed by atoms with Gasteiger partial charge in [0.2, 0.25) is 23.6 Å². The first-order valence-electron chi connectivity index (χ1n) is 38.8. The van der Waals surface area contributed by atoms with E-state index in [0.29, 0.717) is 61.4 Å². The third-order valence-corrected chi connectivity index (χ3v) is 18.9. The summed E-state index contributed by atoms with van der Waals surface area (Å²) in [4.78, 5) is 121. The number of carboxylic acid groups (broad SMARTS) is 1. The van der Waals surface area contributed by atoms with Gasteiger partial charge in [-0.3, -0.25) is 42.9 Å². The molecule has 1 aliphatic rings. The Morgan fingerprint density at radius 2 is 1.14 bits per heavy atom. The molecule has 2 heterocycles. The summed E-state index contributed by atoms with van der Waals surface area (Å²) in [7, 11) is -1.70. The Balaban J connectivity index is 0.000000777. The number of phosphoric acid groups is 1. The molecule has 0 saturated heterocycles. The first kappa shape index (κ1) is 94.6. The zero-order chi connectivity index (χ0) is 75.0. The van der Waals surface area contributed by atoms with Gasteiger partial charge in [-0.15, -0.1) is 0 Å². The molecule has 2 aromatic carbocycles. The van der Waals surface area contributed by atoms with Gasteiger partial charge in [-0.05, 0) is 68.0 Å². The van der Waals surface area contributed by atoms with Crippen LogP contribution in [0.5, 0.6) is 0 Å². The molecule has 3 aromatic rings. The number of amides is 5. The number of aromatic nitrogens is 2. The van der Waals surface area contributed by atoms with Crippen molar-refractivity contribution in [2.75, 3.05) is 85.3 Å². The smallest absolute Gasteiger partial charge is 0.756 e. The zero-order valence-corrected chi connectivity index (χ0v) is 67.0. The summed E-state index contributed by atoms with van der Waals surface area (Å²) < 4.78 is 41.5. The fraction of sp³-hybridized carbons (Fsp3) is 0.727. The average Bonchev–Trinajstić information content (AvgIpc) is 1.62. The molecular weight excluding hydrogens is 1360 g/mol. The number of imidazole rings is 1. The number of hydrogen-bond donors (Lipinski definition) is 6. The molecule has 0 bridgehead atoms. The van der Waals surface area contributed by atoms with Crippen LogP contribution in [0.25, 0.3) is 11.0 Å². The molecule has 0 fully saturated rings. The van der Waals surface area contributed by atoms with E-state index in [2.05, 4.69) is 54.1 Å². The fourth-order valence-electron chi connectivity index (χ4n) is 11.8. The number of esters is 2. The van der Waals surface area contributed by atoms with E-state index in [1.165, 1.54) is 141 Å². The molecule has 6 N–H and O–H groups in total. The number of nitrogens with one attached hydrogen (secondary N) is 5. The summed E-state index contributed by atoms with van der Waals surface area (Å²) in [5.74, 6) is -2.23. The van der Waals surface area contributed by atoms with Crippen molar-refractivity contribution in [2.24, 2.45) is 0 Å². The van der Waals surface area contributed by atoms with Crippen LogP contribution in [-0.2, 0) is 79.2 Å². The van der Waals surface area contributed by atoms with E-state index in [4.69, 9.17) is 18.9 Å². The predicted molar refractivity (Wildman–Crippen MR) is 399 cm³/mol. The van der Waals surface area contributed by atoms with E-state index < -0.39 is 32.2 Å². The van der Waals surface area contributed by atoms with E-state index in [-0.39, 0.29) is 156 Å². The first-order valence-corrected chi connectivity index (χ1v) is 40.2. The number of rotatable bonds is 61. The maximum atomic E-state index is 13.5. The molecule has 5 amide bonds. The van der Waals surface area contributed by atoms with Crippen molar-refractivity contribution in [3.8, 4) is 0 Å². The van der Waals surface area contributed by atoms with Crippen molar-refractivity contribution >= 4 is 72.0 Å². The maximum Gasteiger partial charge on any atom is 1.00 e. The number of para-hydroxylation sites is 2. The van der Waals surface area contributed by atoms with E-state index in [9.17, 15) is 52.9 Å². The molecule has 104 heavy (non-hydrogen) atoms. The Morgan fingerprint density at radius 1 is 0.635 bits per heavy atom. The minimum Gasteiger partial charge on any atom is -0.756 e. The van der Waals surface area contributed by atoms with Crippen LogP contribution in [0.3, 0.4) is 0 Å².